The summed E-state index contributed by atoms with van der Waals surface area (Å²) < 4.78 is 58.2. The maximum Gasteiger partial charge on any atom is 0.254 e. The second-order valence-electron chi connectivity index (χ2n) is 7.93. The van der Waals surface area contributed by atoms with Gasteiger partial charge in [-0.15, -0.1) is 0 Å². The van der Waals surface area contributed by atoms with Crippen molar-refractivity contribution in [3.8, 4) is 27.9 Å². The molecule has 0 saturated carbocycles. The molecule has 10 heteroatoms. The Kier molecular flexibility index (Phi) is 5.45. The Bertz CT molecular complexity index is 1710. The van der Waals surface area contributed by atoms with Gasteiger partial charge >= 0.3 is 0 Å². The van der Waals surface area contributed by atoms with Gasteiger partial charge in [0, 0.05) is 41.5 Å². The number of sulfonamides is 1. The predicted molar refractivity (Wildman–Crippen MR) is 131 cm³/mol. The number of nitrogens with zero attached hydrogens (tertiary/aromatic N) is 4. The summed E-state index contributed by atoms with van der Waals surface area (Å²) in [7, 11) is -1.98. The van der Waals surface area contributed by atoms with E-state index in [-0.39, 0.29) is 11.3 Å². The third-order valence-corrected chi connectivity index (χ3v) is 6.46. The van der Waals surface area contributed by atoms with E-state index >= 15 is 0 Å². The molecule has 35 heavy (non-hydrogen) atoms. The van der Waals surface area contributed by atoms with Crippen LogP contribution < -0.4 is 4.72 Å². The van der Waals surface area contributed by atoms with Crippen LogP contribution in [0.1, 0.15) is 0 Å². The van der Waals surface area contributed by atoms with Gasteiger partial charge < -0.3 is 0 Å². The van der Waals surface area contributed by atoms with E-state index in [2.05, 4.69) is 21.4 Å². The first-order valence-corrected chi connectivity index (χ1v) is 12.0. The second-order valence-corrected chi connectivity index (χ2v) is 9.55. The molecule has 0 radical (unpaired) electrons. The number of anilines is 1. The van der Waals surface area contributed by atoms with Crippen molar-refractivity contribution in [1.82, 2.24) is 19.3 Å². The van der Waals surface area contributed by atoms with E-state index in [0.717, 1.165) is 34.2 Å². The summed E-state index contributed by atoms with van der Waals surface area (Å²) in [5, 5.41) is 4.98. The lowest BCUT2D eigenvalue weighted by Gasteiger charge is -2.13. The Morgan fingerprint density at radius 1 is 1.00 bits per heavy atom. The number of rotatable bonds is 6. The molecule has 0 amide bonds. The molecule has 3 aromatic carbocycles. The third kappa shape index (κ3) is 4.43. The van der Waals surface area contributed by atoms with E-state index in [9.17, 15) is 17.2 Å². The van der Waals surface area contributed by atoms with Crippen molar-refractivity contribution < 1.29 is 17.2 Å². The van der Waals surface area contributed by atoms with E-state index in [1.165, 1.54) is 12.1 Å². The standard InChI is InChI=1S/C25H19F2N5O2S/c1-3-35(33,34)30-20-8-17(22-6-5-19(26)11-23(22)27)9-21(12-20)32-15-28-24-10-16(4-7-25(24)32)18-13-29-31(2)14-18/h3-15,30H,1H2,2H3. The number of aryl methyl sites for hydroxylation is 1. The molecule has 0 saturated heterocycles. The van der Waals surface area contributed by atoms with Crippen molar-refractivity contribution in [2.75, 3.05) is 4.72 Å². The molecule has 0 spiro atoms. The molecule has 0 aliphatic heterocycles. The molecule has 5 aromatic rings. The first kappa shape index (κ1) is 22.5. The molecule has 0 atom stereocenters. The van der Waals surface area contributed by atoms with Crippen LogP contribution in [0.3, 0.4) is 0 Å². The number of hydrogen-bond acceptors (Lipinski definition) is 4. The molecule has 1 N–H and O–H groups in total. The van der Waals surface area contributed by atoms with Crippen LogP contribution in [0, 0.1) is 11.6 Å². The minimum absolute atomic E-state index is 0.121. The van der Waals surface area contributed by atoms with Gasteiger partial charge in [-0.25, -0.2) is 22.2 Å². The highest BCUT2D eigenvalue weighted by Crippen LogP contribution is 2.32. The van der Waals surface area contributed by atoms with Gasteiger partial charge in [-0.3, -0.25) is 14.0 Å². The summed E-state index contributed by atoms with van der Waals surface area (Å²) in [6, 6.07) is 13.7. The number of halogens is 2. The zero-order valence-electron chi connectivity index (χ0n) is 18.5. The van der Waals surface area contributed by atoms with Gasteiger partial charge in [0.2, 0.25) is 0 Å². The fraction of sp³-hybridized carbons (Fsp3) is 0.0400. The molecule has 7 nitrogen and oxygen atoms in total. The quantitative estimate of drug-likeness (QED) is 0.352. The first-order valence-electron chi connectivity index (χ1n) is 10.4. The van der Waals surface area contributed by atoms with Gasteiger partial charge in [0.1, 0.15) is 18.0 Å². The van der Waals surface area contributed by atoms with Crippen LogP contribution in [-0.2, 0) is 17.1 Å². The summed E-state index contributed by atoms with van der Waals surface area (Å²) in [6.45, 7) is 3.31. The maximum absolute atomic E-state index is 14.6. The minimum atomic E-state index is -3.82. The zero-order valence-corrected chi connectivity index (χ0v) is 19.3. The lowest BCUT2D eigenvalue weighted by molar-refractivity contribution is 0.585. The lowest BCUT2D eigenvalue weighted by atomic mass is 10.0. The van der Waals surface area contributed by atoms with Crippen molar-refractivity contribution in [2.24, 2.45) is 7.05 Å². The Hall–Kier alpha value is -4.31. The minimum Gasteiger partial charge on any atom is -0.299 e. The number of fused-ring (bicyclic) bond motifs is 1. The van der Waals surface area contributed by atoms with Crippen molar-refractivity contribution >= 4 is 26.7 Å². The van der Waals surface area contributed by atoms with E-state index < -0.39 is 21.7 Å². The molecule has 2 aromatic heterocycles. The number of nitrogens with one attached hydrogen (secondary N) is 1. The van der Waals surface area contributed by atoms with Gasteiger partial charge in [0.15, 0.2) is 0 Å². The van der Waals surface area contributed by atoms with E-state index in [0.29, 0.717) is 16.8 Å². The predicted octanol–water partition coefficient (Wildman–Crippen LogP) is 5.26. The summed E-state index contributed by atoms with van der Waals surface area (Å²) in [5.41, 5.74) is 4.55. The summed E-state index contributed by atoms with van der Waals surface area (Å²) in [4.78, 5) is 4.50. The van der Waals surface area contributed by atoms with E-state index in [4.69, 9.17) is 0 Å². The smallest absolute Gasteiger partial charge is 0.254 e. The Labute approximate surface area is 200 Å². The fourth-order valence-electron chi connectivity index (χ4n) is 3.86. The van der Waals surface area contributed by atoms with E-state index in [1.807, 2.05) is 31.4 Å². The summed E-state index contributed by atoms with van der Waals surface area (Å²) in [5.74, 6) is -1.48. The molecule has 176 valence electrons. The summed E-state index contributed by atoms with van der Waals surface area (Å²) >= 11 is 0. The van der Waals surface area contributed by atoms with Crippen LogP contribution in [0.2, 0.25) is 0 Å². The molecule has 0 fully saturated rings. The molecular weight excluding hydrogens is 472 g/mol. The highest BCUT2D eigenvalue weighted by Gasteiger charge is 2.14. The van der Waals surface area contributed by atoms with Gasteiger partial charge in [0.25, 0.3) is 10.0 Å². The van der Waals surface area contributed by atoms with Gasteiger partial charge in [0.05, 0.1) is 22.9 Å². The third-order valence-electron chi connectivity index (χ3n) is 5.50. The number of benzene rings is 3. The molecule has 0 aliphatic rings. The largest absolute Gasteiger partial charge is 0.299 e. The van der Waals surface area contributed by atoms with Crippen LogP contribution >= 0.6 is 0 Å². The van der Waals surface area contributed by atoms with Crippen LogP contribution in [0.15, 0.2) is 85.3 Å². The first-order chi connectivity index (χ1) is 16.7. The average molecular weight is 492 g/mol. The van der Waals surface area contributed by atoms with Crippen LogP contribution in [-0.4, -0.2) is 27.7 Å². The number of imidazole rings is 1. The normalized spacial score (nSPS) is 11.6. The number of aromatic nitrogens is 4. The number of hydrogen-bond donors (Lipinski definition) is 1. The van der Waals surface area contributed by atoms with Crippen molar-refractivity contribution in [1.29, 1.82) is 0 Å². The van der Waals surface area contributed by atoms with Crippen LogP contribution in [0.4, 0.5) is 14.5 Å². The van der Waals surface area contributed by atoms with Crippen LogP contribution in [0.25, 0.3) is 39.0 Å². The van der Waals surface area contributed by atoms with Crippen molar-refractivity contribution in [2.45, 2.75) is 0 Å². The topological polar surface area (TPSA) is 81.8 Å². The molecular formula is C25H19F2N5O2S. The van der Waals surface area contributed by atoms with Crippen LogP contribution in [0.5, 0.6) is 0 Å². The highest BCUT2D eigenvalue weighted by atomic mass is 32.2. The zero-order chi connectivity index (χ0) is 24.7. The Balaban J connectivity index is 1.66. The lowest BCUT2D eigenvalue weighted by Crippen LogP contribution is -2.09. The maximum atomic E-state index is 14.6. The Morgan fingerprint density at radius 3 is 2.54 bits per heavy atom. The SMILES string of the molecule is C=CS(=O)(=O)Nc1cc(-c2ccc(F)cc2F)cc(-n2cnc3cc(-c4cnn(C)c4)ccc32)c1. The monoisotopic (exact) mass is 491 g/mol. The van der Waals surface area contributed by atoms with Crippen molar-refractivity contribution in [3.05, 3.63) is 96.9 Å². The van der Waals surface area contributed by atoms with Gasteiger partial charge in [-0.05, 0) is 53.6 Å². The Morgan fingerprint density at radius 2 is 1.83 bits per heavy atom. The molecule has 5 rings (SSSR count). The van der Waals surface area contributed by atoms with E-state index in [1.54, 1.807) is 33.9 Å². The molecule has 2 heterocycles. The fourth-order valence-corrected chi connectivity index (χ4v) is 4.39. The molecule has 0 unspecified atom stereocenters. The summed E-state index contributed by atoms with van der Waals surface area (Å²) in [6.07, 6.45) is 5.26. The van der Waals surface area contributed by atoms with Crippen molar-refractivity contribution in [3.63, 3.8) is 0 Å². The average Bonchev–Trinajstić information content (AvgIpc) is 3.44. The molecule has 0 bridgehead atoms. The van der Waals surface area contributed by atoms with Gasteiger partial charge in [-0.2, -0.15) is 5.10 Å². The molecule has 0 aliphatic carbocycles. The second kappa shape index (κ2) is 8.48. The highest BCUT2D eigenvalue weighted by molar-refractivity contribution is 7.95. The van der Waals surface area contributed by atoms with Gasteiger partial charge in [-0.1, -0.05) is 12.6 Å².